The number of aromatic nitrogens is 1. The summed E-state index contributed by atoms with van der Waals surface area (Å²) in [6.45, 7) is 6.53. The van der Waals surface area contributed by atoms with E-state index in [1.165, 1.54) is 11.3 Å². The summed E-state index contributed by atoms with van der Waals surface area (Å²) in [5, 5.41) is 1.76. The van der Waals surface area contributed by atoms with E-state index in [1.54, 1.807) is 15.8 Å². The van der Waals surface area contributed by atoms with Gasteiger partial charge in [0, 0.05) is 38.0 Å². The third kappa shape index (κ3) is 3.53. The lowest BCUT2D eigenvalue weighted by molar-refractivity contribution is -0.133. The van der Waals surface area contributed by atoms with Crippen LogP contribution in [-0.4, -0.2) is 52.8 Å². The van der Waals surface area contributed by atoms with E-state index in [2.05, 4.69) is 4.98 Å². The average Bonchev–Trinajstić information content (AvgIpc) is 2.91. The van der Waals surface area contributed by atoms with Gasteiger partial charge in [0.2, 0.25) is 5.91 Å². The first-order chi connectivity index (χ1) is 9.08. The molecule has 2 heterocycles. The van der Waals surface area contributed by atoms with E-state index < -0.39 is 0 Å². The topological polar surface area (TPSA) is 53.5 Å². The molecule has 19 heavy (non-hydrogen) atoms. The molecule has 1 aromatic heterocycles. The highest BCUT2D eigenvalue weighted by Gasteiger charge is 2.25. The maximum Gasteiger partial charge on any atom is 0.273 e. The van der Waals surface area contributed by atoms with Crippen LogP contribution in [0.5, 0.6) is 0 Å². The van der Waals surface area contributed by atoms with Gasteiger partial charge in [-0.15, -0.1) is 11.3 Å². The van der Waals surface area contributed by atoms with Crippen LogP contribution in [0.4, 0.5) is 0 Å². The Bertz CT molecular complexity index is 437. The standard InChI is InChI=1S/C13H19N3O2S/c1-10(2)7-12(17)15-3-5-16(6-4-15)13(18)11-8-19-9-14-11/h8-10H,3-7H2,1-2H3. The van der Waals surface area contributed by atoms with Crippen LogP contribution < -0.4 is 0 Å². The lowest BCUT2D eigenvalue weighted by atomic mass is 10.1. The molecular weight excluding hydrogens is 262 g/mol. The molecule has 1 aliphatic heterocycles. The quantitative estimate of drug-likeness (QED) is 0.843. The van der Waals surface area contributed by atoms with Crippen molar-refractivity contribution in [3.8, 4) is 0 Å². The van der Waals surface area contributed by atoms with E-state index in [9.17, 15) is 9.59 Å². The summed E-state index contributed by atoms with van der Waals surface area (Å²) < 4.78 is 0. The summed E-state index contributed by atoms with van der Waals surface area (Å²) >= 11 is 1.42. The number of piperazine rings is 1. The number of thiazole rings is 1. The third-order valence-corrected chi connectivity index (χ3v) is 3.74. The van der Waals surface area contributed by atoms with Crippen LogP contribution in [0.1, 0.15) is 30.8 Å². The van der Waals surface area contributed by atoms with E-state index in [4.69, 9.17) is 0 Å². The first kappa shape index (κ1) is 14.0. The molecule has 1 saturated heterocycles. The van der Waals surface area contributed by atoms with Gasteiger partial charge < -0.3 is 9.80 Å². The maximum atomic E-state index is 12.1. The van der Waals surface area contributed by atoms with E-state index in [0.717, 1.165) is 0 Å². The van der Waals surface area contributed by atoms with Gasteiger partial charge in [0.25, 0.3) is 5.91 Å². The summed E-state index contributed by atoms with van der Waals surface area (Å²) in [4.78, 5) is 31.7. The second-order valence-corrected chi connectivity index (χ2v) is 5.86. The molecule has 2 amide bonds. The molecule has 0 N–H and O–H groups in total. The van der Waals surface area contributed by atoms with Gasteiger partial charge in [-0.05, 0) is 5.92 Å². The maximum absolute atomic E-state index is 12.1. The van der Waals surface area contributed by atoms with Gasteiger partial charge in [0.05, 0.1) is 5.51 Å². The Balaban J connectivity index is 1.86. The van der Waals surface area contributed by atoms with Gasteiger partial charge in [-0.2, -0.15) is 0 Å². The zero-order valence-electron chi connectivity index (χ0n) is 11.3. The van der Waals surface area contributed by atoms with Crippen molar-refractivity contribution >= 4 is 23.2 Å². The fraction of sp³-hybridized carbons (Fsp3) is 0.615. The van der Waals surface area contributed by atoms with Gasteiger partial charge in [0.1, 0.15) is 5.69 Å². The largest absolute Gasteiger partial charge is 0.339 e. The molecule has 104 valence electrons. The van der Waals surface area contributed by atoms with Gasteiger partial charge in [-0.1, -0.05) is 13.8 Å². The molecule has 2 rings (SSSR count). The molecule has 0 radical (unpaired) electrons. The monoisotopic (exact) mass is 281 g/mol. The molecular formula is C13H19N3O2S. The Kier molecular flexibility index (Phi) is 4.52. The first-order valence-electron chi connectivity index (χ1n) is 6.53. The lowest BCUT2D eigenvalue weighted by Gasteiger charge is -2.34. The molecule has 1 aromatic rings. The van der Waals surface area contributed by atoms with Crippen LogP contribution in [0.25, 0.3) is 0 Å². The molecule has 1 fully saturated rings. The van der Waals surface area contributed by atoms with Crippen molar-refractivity contribution < 1.29 is 9.59 Å². The fourth-order valence-electron chi connectivity index (χ4n) is 2.12. The minimum atomic E-state index is -0.0304. The lowest BCUT2D eigenvalue weighted by Crippen LogP contribution is -2.50. The molecule has 1 aliphatic rings. The number of nitrogens with zero attached hydrogens (tertiary/aromatic N) is 3. The van der Waals surface area contributed by atoms with Crippen molar-refractivity contribution in [2.45, 2.75) is 20.3 Å². The molecule has 0 aliphatic carbocycles. The third-order valence-electron chi connectivity index (χ3n) is 3.15. The highest BCUT2D eigenvalue weighted by Crippen LogP contribution is 2.11. The van der Waals surface area contributed by atoms with Gasteiger partial charge in [-0.3, -0.25) is 9.59 Å². The fourth-order valence-corrected chi connectivity index (χ4v) is 2.64. The summed E-state index contributed by atoms with van der Waals surface area (Å²) in [5.41, 5.74) is 2.17. The smallest absolute Gasteiger partial charge is 0.273 e. The number of amides is 2. The van der Waals surface area contributed by atoms with Crippen molar-refractivity contribution in [3.05, 3.63) is 16.6 Å². The molecule has 0 spiro atoms. The van der Waals surface area contributed by atoms with Crippen molar-refractivity contribution in [2.24, 2.45) is 5.92 Å². The molecule has 0 bridgehead atoms. The van der Waals surface area contributed by atoms with Crippen LogP contribution in [0.3, 0.4) is 0 Å². The normalized spacial score (nSPS) is 15.9. The van der Waals surface area contributed by atoms with Crippen LogP contribution in [-0.2, 0) is 4.79 Å². The summed E-state index contributed by atoms with van der Waals surface area (Å²) in [6.07, 6.45) is 0.583. The zero-order valence-corrected chi connectivity index (χ0v) is 12.2. The Morgan fingerprint density at radius 3 is 2.42 bits per heavy atom. The zero-order chi connectivity index (χ0) is 13.8. The summed E-state index contributed by atoms with van der Waals surface area (Å²) in [6, 6.07) is 0. The second kappa shape index (κ2) is 6.14. The molecule has 0 atom stereocenters. The van der Waals surface area contributed by atoms with Crippen LogP contribution in [0, 0.1) is 5.92 Å². The highest BCUT2D eigenvalue weighted by atomic mass is 32.1. The number of hydrogen-bond donors (Lipinski definition) is 0. The number of carbonyl (C=O) groups excluding carboxylic acids is 2. The number of carbonyl (C=O) groups is 2. The van der Waals surface area contributed by atoms with Crippen molar-refractivity contribution in [2.75, 3.05) is 26.2 Å². The van der Waals surface area contributed by atoms with E-state index in [-0.39, 0.29) is 11.8 Å². The number of hydrogen-bond acceptors (Lipinski definition) is 4. The predicted molar refractivity (Wildman–Crippen MR) is 74.1 cm³/mol. The Morgan fingerprint density at radius 2 is 1.89 bits per heavy atom. The molecule has 0 unspecified atom stereocenters. The molecule has 6 heteroatoms. The van der Waals surface area contributed by atoms with E-state index in [1.807, 2.05) is 18.7 Å². The average molecular weight is 281 g/mol. The van der Waals surface area contributed by atoms with Crippen LogP contribution in [0.2, 0.25) is 0 Å². The number of rotatable bonds is 3. The molecule has 5 nitrogen and oxygen atoms in total. The Labute approximate surface area is 117 Å². The summed E-state index contributed by atoms with van der Waals surface area (Å²) in [7, 11) is 0. The van der Waals surface area contributed by atoms with Crippen LogP contribution >= 0.6 is 11.3 Å². The molecule has 0 saturated carbocycles. The van der Waals surface area contributed by atoms with Gasteiger partial charge >= 0.3 is 0 Å². The highest BCUT2D eigenvalue weighted by molar-refractivity contribution is 7.07. The first-order valence-corrected chi connectivity index (χ1v) is 7.47. The van der Waals surface area contributed by atoms with E-state index in [0.29, 0.717) is 44.2 Å². The van der Waals surface area contributed by atoms with Crippen molar-refractivity contribution in [1.82, 2.24) is 14.8 Å². The van der Waals surface area contributed by atoms with Crippen molar-refractivity contribution in [1.29, 1.82) is 0 Å². The van der Waals surface area contributed by atoms with Crippen molar-refractivity contribution in [3.63, 3.8) is 0 Å². The Hall–Kier alpha value is -1.43. The minimum absolute atomic E-state index is 0.0304. The van der Waals surface area contributed by atoms with Gasteiger partial charge in [-0.25, -0.2) is 4.98 Å². The van der Waals surface area contributed by atoms with E-state index >= 15 is 0 Å². The predicted octanol–water partition coefficient (Wildman–Crippen LogP) is 1.47. The second-order valence-electron chi connectivity index (χ2n) is 5.14. The molecule has 0 aromatic carbocycles. The Morgan fingerprint density at radius 1 is 1.26 bits per heavy atom. The minimum Gasteiger partial charge on any atom is -0.339 e. The SMILES string of the molecule is CC(C)CC(=O)N1CCN(C(=O)c2cscn2)CC1. The van der Waals surface area contributed by atoms with Gasteiger partial charge in [0.15, 0.2) is 0 Å². The summed E-state index contributed by atoms with van der Waals surface area (Å²) in [5.74, 6) is 0.537. The van der Waals surface area contributed by atoms with Crippen LogP contribution in [0.15, 0.2) is 10.9 Å².